The summed E-state index contributed by atoms with van der Waals surface area (Å²) in [5.41, 5.74) is 0.992. The molecule has 0 bridgehead atoms. The third kappa shape index (κ3) is 2.04. The van der Waals surface area contributed by atoms with Gasteiger partial charge in [-0.05, 0) is 30.9 Å². The molecule has 2 nitrogen and oxygen atoms in total. The van der Waals surface area contributed by atoms with Gasteiger partial charge in [-0.1, -0.05) is 19.3 Å². The SMILES string of the molecule is Fc1ccc2c(c1F)NC1CCCCCC1CN2. The summed E-state index contributed by atoms with van der Waals surface area (Å²) in [5.74, 6) is -1.04. The van der Waals surface area contributed by atoms with Gasteiger partial charge in [-0.15, -0.1) is 0 Å². The molecule has 4 heteroatoms. The van der Waals surface area contributed by atoms with Gasteiger partial charge in [0.1, 0.15) is 0 Å². The Morgan fingerprint density at radius 2 is 1.89 bits per heavy atom. The first-order chi connectivity index (χ1) is 8.75. The predicted molar refractivity (Wildman–Crippen MR) is 68.8 cm³/mol. The fraction of sp³-hybridized carbons (Fsp3) is 0.571. The fourth-order valence-corrected chi connectivity index (χ4v) is 3.08. The van der Waals surface area contributed by atoms with E-state index in [2.05, 4.69) is 10.6 Å². The Labute approximate surface area is 106 Å². The van der Waals surface area contributed by atoms with E-state index in [4.69, 9.17) is 0 Å². The number of hydrogen-bond donors (Lipinski definition) is 2. The van der Waals surface area contributed by atoms with Gasteiger partial charge in [0.2, 0.25) is 0 Å². The zero-order chi connectivity index (χ0) is 12.5. The van der Waals surface area contributed by atoms with Crippen LogP contribution in [-0.2, 0) is 0 Å². The predicted octanol–water partition coefficient (Wildman–Crippen LogP) is 3.75. The van der Waals surface area contributed by atoms with Gasteiger partial charge in [0, 0.05) is 12.6 Å². The molecule has 1 aliphatic carbocycles. The van der Waals surface area contributed by atoms with E-state index >= 15 is 0 Å². The van der Waals surface area contributed by atoms with Crippen molar-refractivity contribution in [1.29, 1.82) is 0 Å². The third-order valence-corrected chi connectivity index (χ3v) is 4.14. The minimum atomic E-state index is -0.782. The molecule has 3 rings (SSSR count). The second-order valence-corrected chi connectivity index (χ2v) is 5.31. The summed E-state index contributed by atoms with van der Waals surface area (Å²) >= 11 is 0. The first-order valence-corrected chi connectivity index (χ1v) is 6.74. The summed E-state index contributed by atoms with van der Waals surface area (Å²) < 4.78 is 27.1. The number of halogens is 2. The summed E-state index contributed by atoms with van der Waals surface area (Å²) in [4.78, 5) is 0. The molecule has 1 aliphatic heterocycles. The molecule has 0 amide bonds. The van der Waals surface area contributed by atoms with Crippen LogP contribution in [0.3, 0.4) is 0 Å². The highest BCUT2D eigenvalue weighted by Gasteiger charge is 2.28. The summed E-state index contributed by atoms with van der Waals surface area (Å²) in [6.45, 7) is 0.843. The molecule has 1 heterocycles. The van der Waals surface area contributed by atoms with Gasteiger partial charge in [0.25, 0.3) is 0 Å². The van der Waals surface area contributed by atoms with E-state index in [0.717, 1.165) is 19.4 Å². The largest absolute Gasteiger partial charge is 0.383 e. The summed E-state index contributed by atoms with van der Waals surface area (Å²) in [6, 6.07) is 3.06. The number of benzene rings is 1. The monoisotopic (exact) mass is 252 g/mol. The van der Waals surface area contributed by atoms with E-state index in [1.54, 1.807) is 6.07 Å². The van der Waals surface area contributed by atoms with Crippen molar-refractivity contribution >= 4 is 11.4 Å². The van der Waals surface area contributed by atoms with Crippen LogP contribution in [0.2, 0.25) is 0 Å². The number of nitrogens with one attached hydrogen (secondary N) is 2. The Hall–Kier alpha value is -1.32. The molecule has 0 aromatic heterocycles. The van der Waals surface area contributed by atoms with Crippen LogP contribution in [-0.4, -0.2) is 12.6 Å². The van der Waals surface area contributed by atoms with Crippen LogP contribution < -0.4 is 10.6 Å². The standard InChI is InChI=1S/C14H18F2N2/c15-10-6-7-12-14(13(10)16)18-11-5-3-1-2-4-9(11)8-17-12/h6-7,9,11,17-18H,1-5,8H2. The average Bonchev–Trinajstić information content (AvgIpc) is 2.67. The smallest absolute Gasteiger partial charge is 0.183 e. The maximum atomic E-state index is 13.8. The summed E-state index contributed by atoms with van der Waals surface area (Å²) in [7, 11) is 0. The number of anilines is 2. The lowest BCUT2D eigenvalue weighted by Crippen LogP contribution is -2.30. The molecule has 2 atom stereocenters. The lowest BCUT2D eigenvalue weighted by molar-refractivity contribution is 0.441. The molecule has 98 valence electrons. The van der Waals surface area contributed by atoms with Gasteiger partial charge < -0.3 is 10.6 Å². The molecular formula is C14H18F2N2. The second kappa shape index (κ2) is 4.75. The van der Waals surface area contributed by atoms with Crippen LogP contribution in [0.1, 0.15) is 32.1 Å². The molecule has 2 unspecified atom stereocenters. The zero-order valence-corrected chi connectivity index (χ0v) is 10.3. The normalized spacial score (nSPS) is 27.0. The van der Waals surface area contributed by atoms with Crippen molar-refractivity contribution in [2.45, 2.75) is 38.1 Å². The zero-order valence-electron chi connectivity index (χ0n) is 10.3. The van der Waals surface area contributed by atoms with E-state index in [1.165, 1.54) is 25.3 Å². The van der Waals surface area contributed by atoms with Crippen LogP contribution in [0.15, 0.2) is 12.1 Å². The summed E-state index contributed by atoms with van der Waals surface area (Å²) in [6.07, 6.45) is 5.84. The highest BCUT2D eigenvalue weighted by Crippen LogP contribution is 2.35. The summed E-state index contributed by atoms with van der Waals surface area (Å²) in [5, 5.41) is 6.48. The first kappa shape index (κ1) is 11.8. The van der Waals surface area contributed by atoms with Crippen molar-refractivity contribution in [1.82, 2.24) is 0 Å². The highest BCUT2D eigenvalue weighted by molar-refractivity contribution is 5.70. The van der Waals surface area contributed by atoms with E-state index in [-0.39, 0.29) is 6.04 Å². The van der Waals surface area contributed by atoms with Gasteiger partial charge in [-0.3, -0.25) is 0 Å². The first-order valence-electron chi connectivity index (χ1n) is 6.74. The third-order valence-electron chi connectivity index (χ3n) is 4.14. The maximum absolute atomic E-state index is 13.8. The Balaban J connectivity index is 1.94. The highest BCUT2D eigenvalue weighted by atomic mass is 19.2. The number of rotatable bonds is 0. The number of hydrogen-bond acceptors (Lipinski definition) is 2. The Morgan fingerprint density at radius 1 is 1.06 bits per heavy atom. The van der Waals surface area contributed by atoms with Crippen molar-refractivity contribution in [2.75, 3.05) is 17.2 Å². The molecule has 0 radical (unpaired) electrons. The van der Waals surface area contributed by atoms with Gasteiger partial charge in [-0.25, -0.2) is 8.78 Å². The Kier molecular flexibility index (Phi) is 3.10. The Bertz CT molecular complexity index is 448. The molecule has 18 heavy (non-hydrogen) atoms. The van der Waals surface area contributed by atoms with Crippen molar-refractivity contribution in [3.05, 3.63) is 23.8 Å². The quantitative estimate of drug-likeness (QED) is 0.734. The van der Waals surface area contributed by atoms with Crippen molar-refractivity contribution in [3.63, 3.8) is 0 Å². The molecular weight excluding hydrogens is 234 g/mol. The minimum Gasteiger partial charge on any atom is -0.383 e. The van der Waals surface area contributed by atoms with E-state index in [9.17, 15) is 8.78 Å². The molecule has 2 N–H and O–H groups in total. The number of fused-ring (bicyclic) bond motifs is 2. The van der Waals surface area contributed by atoms with Crippen LogP contribution in [0.25, 0.3) is 0 Å². The second-order valence-electron chi connectivity index (χ2n) is 5.31. The lowest BCUT2D eigenvalue weighted by Gasteiger charge is -2.23. The van der Waals surface area contributed by atoms with E-state index in [0.29, 0.717) is 17.3 Å². The topological polar surface area (TPSA) is 24.1 Å². The van der Waals surface area contributed by atoms with E-state index in [1.807, 2.05) is 0 Å². The maximum Gasteiger partial charge on any atom is 0.183 e. The average molecular weight is 252 g/mol. The lowest BCUT2D eigenvalue weighted by atomic mass is 9.95. The van der Waals surface area contributed by atoms with Gasteiger partial charge in [0.15, 0.2) is 11.6 Å². The molecule has 0 spiro atoms. The molecule has 1 aromatic rings. The van der Waals surface area contributed by atoms with Gasteiger partial charge in [-0.2, -0.15) is 0 Å². The van der Waals surface area contributed by atoms with Gasteiger partial charge in [0.05, 0.1) is 11.4 Å². The molecule has 0 saturated heterocycles. The van der Waals surface area contributed by atoms with Crippen LogP contribution in [0, 0.1) is 17.6 Å². The van der Waals surface area contributed by atoms with Crippen LogP contribution in [0.4, 0.5) is 20.2 Å². The molecule has 1 saturated carbocycles. The van der Waals surface area contributed by atoms with Gasteiger partial charge >= 0.3 is 0 Å². The Morgan fingerprint density at radius 3 is 2.78 bits per heavy atom. The minimum absolute atomic E-state index is 0.262. The molecule has 2 aliphatic rings. The molecule has 1 fully saturated rings. The fourth-order valence-electron chi connectivity index (χ4n) is 3.08. The van der Waals surface area contributed by atoms with Crippen LogP contribution in [0.5, 0.6) is 0 Å². The van der Waals surface area contributed by atoms with Crippen molar-refractivity contribution in [2.24, 2.45) is 5.92 Å². The van der Waals surface area contributed by atoms with Crippen molar-refractivity contribution < 1.29 is 8.78 Å². The van der Waals surface area contributed by atoms with Crippen LogP contribution >= 0.6 is 0 Å². The van der Waals surface area contributed by atoms with E-state index < -0.39 is 11.6 Å². The van der Waals surface area contributed by atoms with Crippen molar-refractivity contribution in [3.8, 4) is 0 Å². The molecule has 1 aromatic carbocycles.